The molecule has 0 amide bonds. The molecule has 0 unspecified atom stereocenters. The highest BCUT2D eigenvalue weighted by Gasteiger charge is 1.99. The van der Waals surface area contributed by atoms with Crippen molar-refractivity contribution in [3.05, 3.63) is 40.8 Å². The molecular formula is C10H10N2OS. The van der Waals surface area contributed by atoms with Crippen LogP contribution >= 0.6 is 11.3 Å². The maximum absolute atomic E-state index is 5.68. The first-order valence-corrected chi connectivity index (χ1v) is 5.09. The van der Waals surface area contributed by atoms with Crippen LogP contribution in [0.15, 0.2) is 36.0 Å². The minimum atomic E-state index is 0.561. The Balaban J connectivity index is 2.02. The van der Waals surface area contributed by atoms with Gasteiger partial charge in [-0.05, 0) is 11.4 Å². The highest BCUT2D eigenvalue weighted by molar-refractivity contribution is 7.09. The predicted molar refractivity (Wildman–Crippen MR) is 57.3 cm³/mol. The highest BCUT2D eigenvalue weighted by Crippen LogP contribution is 2.20. The largest absolute Gasteiger partial charge is 0.486 e. The average molecular weight is 206 g/mol. The van der Waals surface area contributed by atoms with Gasteiger partial charge in [-0.1, -0.05) is 6.07 Å². The van der Waals surface area contributed by atoms with E-state index < -0.39 is 0 Å². The van der Waals surface area contributed by atoms with Gasteiger partial charge in [0.15, 0.2) is 0 Å². The van der Waals surface area contributed by atoms with Gasteiger partial charge in [0, 0.05) is 17.1 Å². The Kier molecular flexibility index (Phi) is 2.65. The molecular weight excluding hydrogens is 196 g/mol. The molecule has 0 aliphatic rings. The first-order valence-electron chi connectivity index (χ1n) is 4.21. The second kappa shape index (κ2) is 4.11. The van der Waals surface area contributed by atoms with Crippen LogP contribution < -0.4 is 10.5 Å². The van der Waals surface area contributed by atoms with Crippen molar-refractivity contribution in [2.24, 2.45) is 0 Å². The smallest absolute Gasteiger partial charge is 0.145 e. The van der Waals surface area contributed by atoms with E-state index in [9.17, 15) is 0 Å². The van der Waals surface area contributed by atoms with Crippen LogP contribution in [0.2, 0.25) is 0 Å². The molecule has 14 heavy (non-hydrogen) atoms. The number of hydrogen-bond donors (Lipinski definition) is 1. The average Bonchev–Trinajstić information content (AvgIpc) is 2.69. The number of rotatable bonds is 3. The van der Waals surface area contributed by atoms with Crippen LogP contribution in [-0.2, 0) is 6.61 Å². The lowest BCUT2D eigenvalue weighted by atomic mass is 10.4. The summed E-state index contributed by atoms with van der Waals surface area (Å²) in [5.74, 6) is 0.688. The zero-order valence-electron chi connectivity index (χ0n) is 7.51. The number of nitrogens with two attached hydrogens (primary N) is 1. The first-order chi connectivity index (χ1) is 6.86. The number of nitrogens with zero attached hydrogens (tertiary/aromatic N) is 1. The van der Waals surface area contributed by atoms with Crippen molar-refractivity contribution in [2.75, 3.05) is 5.73 Å². The molecule has 0 radical (unpaired) electrons. The molecule has 0 spiro atoms. The number of thiophene rings is 1. The molecule has 0 atom stereocenters. The van der Waals surface area contributed by atoms with Gasteiger partial charge < -0.3 is 10.5 Å². The molecule has 3 nitrogen and oxygen atoms in total. The lowest BCUT2D eigenvalue weighted by molar-refractivity contribution is 0.311. The summed E-state index contributed by atoms with van der Waals surface area (Å²) < 4.78 is 5.53. The predicted octanol–water partition coefficient (Wildman–Crippen LogP) is 2.30. The minimum absolute atomic E-state index is 0.561. The molecule has 0 aromatic carbocycles. The van der Waals surface area contributed by atoms with Crippen LogP contribution in [0, 0.1) is 0 Å². The fraction of sp³-hybridized carbons (Fsp3) is 0.100. The molecule has 2 aromatic rings. The summed E-state index contributed by atoms with van der Waals surface area (Å²) >= 11 is 1.67. The Morgan fingerprint density at radius 3 is 3.07 bits per heavy atom. The van der Waals surface area contributed by atoms with Crippen molar-refractivity contribution < 1.29 is 4.74 Å². The molecule has 2 aromatic heterocycles. The van der Waals surface area contributed by atoms with Crippen molar-refractivity contribution in [3.63, 3.8) is 0 Å². The van der Waals surface area contributed by atoms with Gasteiger partial charge in [-0.15, -0.1) is 11.3 Å². The van der Waals surface area contributed by atoms with Gasteiger partial charge in [0.2, 0.25) is 0 Å². The Morgan fingerprint density at radius 2 is 2.36 bits per heavy atom. The van der Waals surface area contributed by atoms with Crippen molar-refractivity contribution in [1.82, 2.24) is 4.98 Å². The number of aromatic nitrogens is 1. The van der Waals surface area contributed by atoms with Gasteiger partial charge in [0.1, 0.15) is 12.4 Å². The van der Waals surface area contributed by atoms with Crippen molar-refractivity contribution in [2.45, 2.75) is 6.61 Å². The zero-order valence-corrected chi connectivity index (χ0v) is 8.33. The molecule has 0 bridgehead atoms. The van der Waals surface area contributed by atoms with E-state index in [0.717, 1.165) is 0 Å². The molecule has 0 fully saturated rings. The third-order valence-corrected chi connectivity index (χ3v) is 2.61. The fourth-order valence-electron chi connectivity index (χ4n) is 1.07. The van der Waals surface area contributed by atoms with Crippen LogP contribution in [-0.4, -0.2) is 4.98 Å². The van der Waals surface area contributed by atoms with Gasteiger partial charge in [0.05, 0.1) is 11.9 Å². The summed E-state index contributed by atoms with van der Waals surface area (Å²) in [6.45, 7) is 0.561. The van der Waals surface area contributed by atoms with Crippen LogP contribution in [0.1, 0.15) is 4.88 Å². The Hall–Kier alpha value is -1.55. The van der Waals surface area contributed by atoms with Crippen LogP contribution in [0.4, 0.5) is 5.69 Å². The van der Waals surface area contributed by atoms with E-state index in [4.69, 9.17) is 10.5 Å². The lowest BCUT2D eigenvalue weighted by Gasteiger charge is -2.06. The van der Waals surface area contributed by atoms with E-state index in [-0.39, 0.29) is 0 Å². The van der Waals surface area contributed by atoms with Crippen molar-refractivity contribution in [1.29, 1.82) is 0 Å². The number of nitrogen functional groups attached to an aromatic ring is 1. The molecule has 72 valence electrons. The third-order valence-electron chi connectivity index (χ3n) is 1.76. The summed E-state index contributed by atoms with van der Waals surface area (Å²) in [5.41, 5.74) is 6.25. The third kappa shape index (κ3) is 2.03. The fourth-order valence-corrected chi connectivity index (χ4v) is 1.68. The molecule has 0 aliphatic heterocycles. The molecule has 2 rings (SSSR count). The van der Waals surface area contributed by atoms with Gasteiger partial charge in [-0.25, -0.2) is 0 Å². The Labute approximate surface area is 86.2 Å². The van der Waals surface area contributed by atoms with E-state index in [1.165, 1.54) is 4.88 Å². The summed E-state index contributed by atoms with van der Waals surface area (Å²) in [6.07, 6.45) is 3.25. The topological polar surface area (TPSA) is 48.1 Å². The Bertz CT molecular complexity index is 400. The summed E-state index contributed by atoms with van der Waals surface area (Å²) in [5, 5.41) is 2.02. The summed E-state index contributed by atoms with van der Waals surface area (Å²) in [7, 11) is 0. The molecule has 0 saturated heterocycles. The van der Waals surface area contributed by atoms with Crippen molar-refractivity contribution in [3.8, 4) is 5.75 Å². The van der Waals surface area contributed by atoms with Gasteiger partial charge in [-0.2, -0.15) is 0 Å². The standard InChI is InChI=1S/C10H10N2OS/c11-9-6-12-4-3-10(9)13-7-8-2-1-5-14-8/h1-6H,7,11H2. The maximum atomic E-state index is 5.68. The van der Waals surface area contributed by atoms with E-state index in [1.807, 2.05) is 17.5 Å². The molecule has 2 N–H and O–H groups in total. The second-order valence-corrected chi connectivity index (χ2v) is 3.81. The Morgan fingerprint density at radius 1 is 1.43 bits per heavy atom. The number of hydrogen-bond acceptors (Lipinski definition) is 4. The summed E-state index contributed by atoms with van der Waals surface area (Å²) in [6, 6.07) is 5.80. The van der Waals surface area contributed by atoms with Crippen LogP contribution in [0.5, 0.6) is 5.75 Å². The van der Waals surface area contributed by atoms with Gasteiger partial charge >= 0.3 is 0 Å². The van der Waals surface area contributed by atoms with E-state index in [2.05, 4.69) is 4.98 Å². The minimum Gasteiger partial charge on any atom is -0.486 e. The zero-order chi connectivity index (χ0) is 9.80. The maximum Gasteiger partial charge on any atom is 0.145 e. The van der Waals surface area contributed by atoms with E-state index in [1.54, 1.807) is 29.8 Å². The normalized spacial score (nSPS) is 10.0. The molecule has 4 heteroatoms. The van der Waals surface area contributed by atoms with Gasteiger partial charge in [0.25, 0.3) is 0 Å². The number of anilines is 1. The summed E-state index contributed by atoms with van der Waals surface area (Å²) in [4.78, 5) is 5.07. The molecule has 0 saturated carbocycles. The monoisotopic (exact) mass is 206 g/mol. The molecule has 0 aliphatic carbocycles. The van der Waals surface area contributed by atoms with E-state index >= 15 is 0 Å². The SMILES string of the molecule is Nc1cnccc1OCc1cccs1. The van der Waals surface area contributed by atoms with Crippen LogP contribution in [0.25, 0.3) is 0 Å². The van der Waals surface area contributed by atoms with Gasteiger partial charge in [-0.3, -0.25) is 4.98 Å². The number of pyridine rings is 1. The highest BCUT2D eigenvalue weighted by atomic mass is 32.1. The second-order valence-electron chi connectivity index (χ2n) is 2.78. The van der Waals surface area contributed by atoms with E-state index in [0.29, 0.717) is 18.0 Å². The number of ether oxygens (including phenoxy) is 1. The molecule has 2 heterocycles. The van der Waals surface area contributed by atoms with Crippen molar-refractivity contribution >= 4 is 17.0 Å². The lowest BCUT2D eigenvalue weighted by Crippen LogP contribution is -1.97. The first kappa shape index (κ1) is 9.02. The van der Waals surface area contributed by atoms with Crippen LogP contribution in [0.3, 0.4) is 0 Å². The quantitative estimate of drug-likeness (QED) is 0.838.